The van der Waals surface area contributed by atoms with E-state index in [4.69, 9.17) is 5.26 Å². The number of quaternary nitrogens is 1. The summed E-state index contributed by atoms with van der Waals surface area (Å²) in [5, 5.41) is 8.61. The zero-order chi connectivity index (χ0) is 15.5. The Bertz CT molecular complexity index is 641. The topological polar surface area (TPSA) is 65.6 Å². The monoisotopic (exact) mass is 308 g/mol. The Kier molecular flexibility index (Phi) is 4.99. The summed E-state index contributed by atoms with van der Waals surface area (Å²) in [6, 6.07) is 7.44. The van der Waals surface area contributed by atoms with Crippen molar-refractivity contribution in [2.45, 2.75) is 25.2 Å². The van der Waals surface area contributed by atoms with E-state index >= 15 is 0 Å². The van der Waals surface area contributed by atoms with Crippen molar-refractivity contribution in [3.05, 3.63) is 29.3 Å². The van der Waals surface area contributed by atoms with Crippen molar-refractivity contribution in [3.8, 4) is 6.07 Å². The van der Waals surface area contributed by atoms with E-state index in [2.05, 4.69) is 6.07 Å². The first kappa shape index (κ1) is 16.0. The molecule has 0 saturated carbocycles. The van der Waals surface area contributed by atoms with Crippen LogP contribution in [0.25, 0.3) is 0 Å². The van der Waals surface area contributed by atoms with E-state index in [0.717, 1.165) is 30.8 Å². The zero-order valence-electron chi connectivity index (χ0n) is 12.6. The van der Waals surface area contributed by atoms with Crippen LogP contribution in [0.5, 0.6) is 0 Å². The highest BCUT2D eigenvalue weighted by atomic mass is 32.2. The Hall–Kier alpha value is -1.42. The number of aryl methyl sites for hydroxylation is 2. The number of nitrogens with one attached hydrogen (secondary N) is 1. The van der Waals surface area contributed by atoms with Gasteiger partial charge in [-0.25, -0.2) is 8.42 Å². The molecule has 0 spiro atoms. The van der Waals surface area contributed by atoms with Gasteiger partial charge in [-0.1, -0.05) is 6.07 Å². The SMILES string of the molecule is Cc1ccc(S(=O)(=O)N2CC[NH+](CCC#N)CC2)cc1C. The van der Waals surface area contributed by atoms with Crippen LogP contribution in [0, 0.1) is 25.2 Å². The lowest BCUT2D eigenvalue weighted by Crippen LogP contribution is -3.14. The summed E-state index contributed by atoms with van der Waals surface area (Å²) in [5.74, 6) is 0. The van der Waals surface area contributed by atoms with Crippen LogP contribution in [0.2, 0.25) is 0 Å². The molecule has 0 bridgehead atoms. The van der Waals surface area contributed by atoms with E-state index in [1.54, 1.807) is 16.4 Å². The molecule has 114 valence electrons. The van der Waals surface area contributed by atoms with Crippen molar-refractivity contribution in [2.24, 2.45) is 0 Å². The Morgan fingerprint density at radius 3 is 2.48 bits per heavy atom. The number of benzene rings is 1. The third kappa shape index (κ3) is 3.62. The Balaban J connectivity index is 2.08. The lowest BCUT2D eigenvalue weighted by atomic mass is 10.1. The van der Waals surface area contributed by atoms with Crippen LogP contribution in [0.1, 0.15) is 17.5 Å². The molecule has 0 amide bonds. The Labute approximate surface area is 126 Å². The van der Waals surface area contributed by atoms with Crippen molar-refractivity contribution in [3.63, 3.8) is 0 Å². The predicted octanol–water partition coefficient (Wildman–Crippen LogP) is 0.106. The second-order valence-electron chi connectivity index (χ2n) is 5.56. The number of nitrogens with zero attached hydrogens (tertiary/aromatic N) is 2. The highest BCUT2D eigenvalue weighted by molar-refractivity contribution is 7.89. The highest BCUT2D eigenvalue weighted by Crippen LogP contribution is 2.19. The molecule has 6 heteroatoms. The Morgan fingerprint density at radius 1 is 1.24 bits per heavy atom. The minimum atomic E-state index is -3.39. The standard InChI is InChI=1S/C15H21N3O2S/c1-13-4-5-15(12-14(13)2)21(19,20)18-10-8-17(9-11-18)7-3-6-16/h4-5,12H,3,7-11H2,1-2H3/p+1. The summed E-state index contributed by atoms with van der Waals surface area (Å²) < 4.78 is 26.8. The average Bonchev–Trinajstić information content (AvgIpc) is 2.48. The van der Waals surface area contributed by atoms with Crippen LogP contribution in [0.3, 0.4) is 0 Å². The quantitative estimate of drug-likeness (QED) is 0.858. The molecule has 0 atom stereocenters. The molecule has 0 aromatic heterocycles. The molecule has 21 heavy (non-hydrogen) atoms. The second kappa shape index (κ2) is 6.56. The van der Waals surface area contributed by atoms with Crippen molar-refractivity contribution in [2.75, 3.05) is 32.7 Å². The van der Waals surface area contributed by atoms with E-state index in [1.165, 1.54) is 4.90 Å². The highest BCUT2D eigenvalue weighted by Gasteiger charge is 2.30. The molecule has 1 N–H and O–H groups in total. The molecule has 5 nitrogen and oxygen atoms in total. The van der Waals surface area contributed by atoms with E-state index < -0.39 is 10.0 Å². The fourth-order valence-electron chi connectivity index (χ4n) is 2.55. The van der Waals surface area contributed by atoms with E-state index in [0.29, 0.717) is 24.4 Å². The largest absolute Gasteiger partial charge is 0.332 e. The van der Waals surface area contributed by atoms with Gasteiger partial charge in [0.2, 0.25) is 10.0 Å². The molecule has 2 rings (SSSR count). The van der Waals surface area contributed by atoms with Gasteiger partial charge in [0, 0.05) is 0 Å². The van der Waals surface area contributed by atoms with Crippen molar-refractivity contribution in [1.29, 1.82) is 5.26 Å². The van der Waals surface area contributed by atoms with Gasteiger partial charge in [0.25, 0.3) is 0 Å². The predicted molar refractivity (Wildman–Crippen MR) is 80.5 cm³/mol. The summed E-state index contributed by atoms with van der Waals surface area (Å²) in [6.45, 7) is 7.29. The van der Waals surface area contributed by atoms with Crippen LogP contribution in [-0.4, -0.2) is 45.4 Å². The fourth-order valence-corrected chi connectivity index (χ4v) is 4.08. The Morgan fingerprint density at radius 2 is 1.90 bits per heavy atom. The maximum Gasteiger partial charge on any atom is 0.243 e. The van der Waals surface area contributed by atoms with Gasteiger partial charge in [0.05, 0.1) is 50.1 Å². The summed E-state index contributed by atoms with van der Waals surface area (Å²) >= 11 is 0. The lowest BCUT2D eigenvalue weighted by Gasteiger charge is -2.31. The van der Waals surface area contributed by atoms with Crippen molar-refractivity contribution >= 4 is 10.0 Å². The van der Waals surface area contributed by atoms with Crippen LogP contribution in [-0.2, 0) is 10.0 Å². The van der Waals surface area contributed by atoms with Crippen LogP contribution in [0.15, 0.2) is 23.1 Å². The van der Waals surface area contributed by atoms with Crippen molar-refractivity contribution < 1.29 is 13.3 Å². The number of sulfonamides is 1. The molecule has 0 aliphatic carbocycles. The summed E-state index contributed by atoms with van der Waals surface area (Å²) in [4.78, 5) is 1.69. The van der Waals surface area contributed by atoms with Gasteiger partial charge in [0.15, 0.2) is 0 Å². The summed E-state index contributed by atoms with van der Waals surface area (Å²) in [7, 11) is -3.39. The summed E-state index contributed by atoms with van der Waals surface area (Å²) in [6.07, 6.45) is 0.527. The van der Waals surface area contributed by atoms with Gasteiger partial charge in [-0.05, 0) is 37.1 Å². The van der Waals surface area contributed by atoms with E-state index in [-0.39, 0.29) is 0 Å². The maximum atomic E-state index is 12.6. The minimum Gasteiger partial charge on any atom is -0.332 e. The number of hydrogen-bond acceptors (Lipinski definition) is 3. The molecule has 1 fully saturated rings. The second-order valence-corrected chi connectivity index (χ2v) is 7.50. The number of rotatable bonds is 4. The maximum absolute atomic E-state index is 12.6. The molecule has 1 aliphatic heterocycles. The fraction of sp³-hybridized carbons (Fsp3) is 0.533. The number of piperazine rings is 1. The average molecular weight is 308 g/mol. The molecular weight excluding hydrogens is 286 g/mol. The third-order valence-corrected chi connectivity index (χ3v) is 6.03. The minimum absolute atomic E-state index is 0.381. The normalized spacial score (nSPS) is 17.6. The zero-order valence-corrected chi connectivity index (χ0v) is 13.4. The molecule has 0 unspecified atom stereocenters. The van der Waals surface area contributed by atoms with Gasteiger partial charge >= 0.3 is 0 Å². The van der Waals surface area contributed by atoms with Crippen LogP contribution in [0.4, 0.5) is 0 Å². The van der Waals surface area contributed by atoms with E-state index in [1.807, 2.05) is 19.9 Å². The molecule has 1 aliphatic rings. The van der Waals surface area contributed by atoms with E-state index in [9.17, 15) is 8.42 Å². The number of hydrogen-bond donors (Lipinski definition) is 1. The van der Waals surface area contributed by atoms with Crippen LogP contribution >= 0.6 is 0 Å². The lowest BCUT2D eigenvalue weighted by molar-refractivity contribution is -0.903. The first-order valence-electron chi connectivity index (χ1n) is 7.23. The molecule has 1 heterocycles. The summed E-state index contributed by atoms with van der Waals surface area (Å²) in [5.41, 5.74) is 2.09. The first-order valence-corrected chi connectivity index (χ1v) is 8.67. The first-order chi connectivity index (χ1) is 9.95. The smallest absolute Gasteiger partial charge is 0.243 e. The van der Waals surface area contributed by atoms with Crippen molar-refractivity contribution in [1.82, 2.24) is 4.31 Å². The molecule has 1 saturated heterocycles. The molecule has 1 aromatic rings. The molecule has 1 aromatic carbocycles. The van der Waals surface area contributed by atoms with Gasteiger partial charge in [-0.15, -0.1) is 0 Å². The molecule has 0 radical (unpaired) electrons. The molecular formula is C15H22N3O2S+. The van der Waals surface area contributed by atoms with Crippen LogP contribution < -0.4 is 4.90 Å². The van der Waals surface area contributed by atoms with Gasteiger partial charge in [0.1, 0.15) is 0 Å². The third-order valence-electron chi connectivity index (χ3n) is 4.14. The number of nitriles is 1. The van der Waals surface area contributed by atoms with Gasteiger partial charge < -0.3 is 4.90 Å². The van der Waals surface area contributed by atoms with Gasteiger partial charge in [-0.3, -0.25) is 0 Å². The van der Waals surface area contributed by atoms with Gasteiger partial charge in [-0.2, -0.15) is 9.57 Å².